The average Bonchev–Trinajstić information content (AvgIpc) is 2.96. The van der Waals surface area contributed by atoms with Gasteiger partial charge < -0.3 is 10.6 Å². The summed E-state index contributed by atoms with van der Waals surface area (Å²) >= 11 is 3.01. The van der Waals surface area contributed by atoms with Crippen LogP contribution in [-0.2, 0) is 4.79 Å². The zero-order chi connectivity index (χ0) is 17.5. The highest BCUT2D eigenvalue weighted by Crippen LogP contribution is 2.34. The van der Waals surface area contributed by atoms with Crippen LogP contribution in [0.25, 0.3) is 0 Å². The Hall–Kier alpha value is -2.00. The molecule has 0 radical (unpaired) electrons. The fourth-order valence-electron chi connectivity index (χ4n) is 1.97. The predicted molar refractivity (Wildman–Crippen MR) is 100 cm³/mol. The van der Waals surface area contributed by atoms with E-state index >= 15 is 0 Å². The van der Waals surface area contributed by atoms with Gasteiger partial charge in [0.2, 0.25) is 5.91 Å². The largest absolute Gasteiger partial charge is 0.385 e. The smallest absolute Gasteiger partial charge is 0.252 e. The third-order valence-corrected chi connectivity index (χ3v) is 4.75. The molecule has 0 saturated heterocycles. The normalized spacial score (nSPS) is 11.0. The minimum atomic E-state index is -0.157. The van der Waals surface area contributed by atoms with Crippen molar-refractivity contribution in [1.82, 2.24) is 10.2 Å². The highest BCUT2D eigenvalue weighted by Gasteiger charge is 2.09. The zero-order valence-electron chi connectivity index (χ0n) is 14.1. The van der Waals surface area contributed by atoms with Crippen molar-refractivity contribution < 1.29 is 4.79 Å². The first kappa shape index (κ1) is 18.3. The van der Waals surface area contributed by atoms with Crippen LogP contribution in [-0.4, -0.2) is 28.4 Å². The van der Waals surface area contributed by atoms with Crippen LogP contribution in [0.3, 0.4) is 0 Å². The number of rotatable bonds is 7. The van der Waals surface area contributed by atoms with E-state index < -0.39 is 0 Å². The minimum Gasteiger partial charge on any atom is -0.385 e. The summed E-state index contributed by atoms with van der Waals surface area (Å²) < 4.78 is 0.868. The van der Waals surface area contributed by atoms with Crippen molar-refractivity contribution in [2.24, 2.45) is 10.2 Å². The Labute approximate surface area is 149 Å². The molecule has 1 aromatic heterocycles. The molecule has 7 nitrogen and oxygen atoms in total. The van der Waals surface area contributed by atoms with Gasteiger partial charge in [-0.25, -0.2) is 0 Å². The fourth-order valence-corrected chi connectivity index (χ4v) is 3.53. The van der Waals surface area contributed by atoms with E-state index in [4.69, 9.17) is 0 Å². The first-order chi connectivity index (χ1) is 11.5. The van der Waals surface area contributed by atoms with Gasteiger partial charge in [0.15, 0.2) is 4.34 Å². The number of hydrogen-bond donors (Lipinski definition) is 2. The summed E-state index contributed by atoms with van der Waals surface area (Å²) in [6, 6.07) is 3.75. The molecule has 0 aliphatic rings. The van der Waals surface area contributed by atoms with E-state index in [0.717, 1.165) is 27.9 Å². The van der Waals surface area contributed by atoms with E-state index in [0.29, 0.717) is 16.5 Å². The lowest BCUT2D eigenvalue weighted by molar-refractivity contribution is -0.114. The molecule has 0 aliphatic heterocycles. The van der Waals surface area contributed by atoms with Crippen molar-refractivity contribution in [1.29, 1.82) is 0 Å². The van der Waals surface area contributed by atoms with Crippen molar-refractivity contribution in [3.63, 3.8) is 0 Å². The summed E-state index contributed by atoms with van der Waals surface area (Å²) in [4.78, 5) is 11.4. The van der Waals surface area contributed by atoms with Gasteiger partial charge in [0.1, 0.15) is 5.69 Å². The summed E-state index contributed by atoms with van der Waals surface area (Å²) in [6.07, 6.45) is 0. The molecular formula is C15H20N6OS2. The van der Waals surface area contributed by atoms with Crippen molar-refractivity contribution in [2.45, 2.75) is 32.0 Å². The van der Waals surface area contributed by atoms with E-state index in [1.165, 1.54) is 18.3 Å². The molecule has 0 spiro atoms. The first-order valence-electron chi connectivity index (χ1n) is 7.57. The number of nitrogens with one attached hydrogen (secondary N) is 2. The summed E-state index contributed by atoms with van der Waals surface area (Å²) in [7, 11) is 0. The SMILES string of the molecule is CCNc1cc(NC(C)=O)c(N=Nc2nnc(SCC)s2)cc1C. The third-order valence-electron chi connectivity index (χ3n) is 2.93. The number of carbonyl (C=O) groups is 1. The Morgan fingerprint density at radius 3 is 2.71 bits per heavy atom. The monoisotopic (exact) mass is 364 g/mol. The number of thioether (sulfide) groups is 1. The molecule has 0 unspecified atom stereocenters. The molecule has 0 bridgehead atoms. The van der Waals surface area contributed by atoms with Crippen LogP contribution in [0.15, 0.2) is 26.7 Å². The minimum absolute atomic E-state index is 0.157. The van der Waals surface area contributed by atoms with Crippen LogP contribution in [0.2, 0.25) is 0 Å². The van der Waals surface area contributed by atoms with Crippen LogP contribution in [0.1, 0.15) is 26.3 Å². The molecule has 2 aromatic rings. The summed E-state index contributed by atoms with van der Waals surface area (Å²) in [5.74, 6) is 0.777. The van der Waals surface area contributed by atoms with E-state index in [-0.39, 0.29) is 5.91 Å². The van der Waals surface area contributed by atoms with E-state index in [1.807, 2.05) is 26.0 Å². The third kappa shape index (κ3) is 5.00. The molecule has 0 saturated carbocycles. The van der Waals surface area contributed by atoms with Gasteiger partial charge >= 0.3 is 0 Å². The number of nitrogens with zero attached hydrogens (tertiary/aromatic N) is 4. The molecule has 1 aromatic carbocycles. The number of aryl methyl sites for hydroxylation is 1. The molecule has 9 heteroatoms. The lowest BCUT2D eigenvalue weighted by Gasteiger charge is -2.12. The predicted octanol–water partition coefficient (Wildman–Crippen LogP) is 4.76. The van der Waals surface area contributed by atoms with Gasteiger partial charge in [-0.05, 0) is 37.3 Å². The Bertz CT molecular complexity index is 744. The molecule has 0 aliphatic carbocycles. The second-order valence-corrected chi connectivity index (χ2v) is 7.35. The summed E-state index contributed by atoms with van der Waals surface area (Å²) in [5.41, 5.74) is 3.18. The van der Waals surface area contributed by atoms with Crippen molar-refractivity contribution in [2.75, 3.05) is 22.9 Å². The maximum Gasteiger partial charge on any atom is 0.252 e. The molecule has 1 amide bonds. The lowest BCUT2D eigenvalue weighted by atomic mass is 10.1. The van der Waals surface area contributed by atoms with E-state index in [9.17, 15) is 4.79 Å². The Balaban J connectivity index is 2.30. The topological polar surface area (TPSA) is 91.6 Å². The number of hydrogen-bond acceptors (Lipinski definition) is 8. The lowest BCUT2D eigenvalue weighted by Crippen LogP contribution is -2.07. The Morgan fingerprint density at radius 1 is 1.25 bits per heavy atom. The van der Waals surface area contributed by atoms with Crippen LogP contribution >= 0.6 is 23.1 Å². The quantitative estimate of drug-likeness (QED) is 0.546. The van der Waals surface area contributed by atoms with E-state index in [1.54, 1.807) is 11.8 Å². The van der Waals surface area contributed by atoms with Gasteiger partial charge in [0.25, 0.3) is 5.13 Å². The molecule has 0 atom stereocenters. The van der Waals surface area contributed by atoms with Crippen molar-refractivity contribution in [3.8, 4) is 0 Å². The highest BCUT2D eigenvalue weighted by molar-refractivity contribution is 8.01. The van der Waals surface area contributed by atoms with Crippen molar-refractivity contribution in [3.05, 3.63) is 17.7 Å². The molecule has 128 valence electrons. The van der Waals surface area contributed by atoms with Crippen molar-refractivity contribution >= 4 is 51.2 Å². The standard InChI is InChI=1S/C15H20N6OS2/c1-5-16-11-8-12(17-10(4)22)13(7-9(11)3)18-19-14-20-21-15(24-14)23-6-2/h7-8,16H,5-6H2,1-4H3,(H,17,22). The number of carbonyl (C=O) groups excluding carboxylic acids is 1. The van der Waals surface area contributed by atoms with E-state index in [2.05, 4.69) is 38.0 Å². The summed E-state index contributed by atoms with van der Waals surface area (Å²) in [5, 5.41) is 23.0. The number of amides is 1. The first-order valence-corrected chi connectivity index (χ1v) is 9.37. The zero-order valence-corrected chi connectivity index (χ0v) is 15.7. The maximum absolute atomic E-state index is 11.4. The van der Waals surface area contributed by atoms with Gasteiger partial charge in [0.05, 0.1) is 5.69 Å². The number of azo groups is 1. The van der Waals surface area contributed by atoms with Crippen LogP contribution < -0.4 is 10.6 Å². The number of aromatic nitrogens is 2. The fraction of sp³-hybridized carbons (Fsp3) is 0.400. The second kappa shape index (κ2) is 8.74. The van der Waals surface area contributed by atoms with Crippen LogP contribution in [0.4, 0.5) is 22.2 Å². The number of anilines is 2. The molecular weight excluding hydrogens is 344 g/mol. The molecule has 1 heterocycles. The van der Waals surface area contributed by atoms with Gasteiger partial charge in [-0.15, -0.1) is 20.4 Å². The maximum atomic E-state index is 11.4. The van der Waals surface area contributed by atoms with Gasteiger partial charge in [-0.3, -0.25) is 4.79 Å². The van der Waals surface area contributed by atoms with Gasteiger partial charge in [0, 0.05) is 19.2 Å². The highest BCUT2D eigenvalue weighted by atomic mass is 32.2. The van der Waals surface area contributed by atoms with Gasteiger partial charge in [-0.2, -0.15) is 0 Å². The Morgan fingerprint density at radius 2 is 2.04 bits per heavy atom. The molecule has 0 fully saturated rings. The average molecular weight is 365 g/mol. The van der Waals surface area contributed by atoms with Crippen LogP contribution in [0, 0.1) is 6.92 Å². The molecule has 2 rings (SSSR count). The number of benzene rings is 1. The molecule has 2 N–H and O–H groups in total. The summed E-state index contributed by atoms with van der Waals surface area (Å²) in [6.45, 7) is 8.32. The van der Waals surface area contributed by atoms with Gasteiger partial charge in [-0.1, -0.05) is 30.0 Å². The van der Waals surface area contributed by atoms with Crippen LogP contribution in [0.5, 0.6) is 0 Å². The second-order valence-electron chi connectivity index (χ2n) is 4.88. The molecule has 24 heavy (non-hydrogen) atoms. The Kier molecular flexibility index (Phi) is 6.68.